The predicted molar refractivity (Wildman–Crippen MR) is 165 cm³/mol. The topological polar surface area (TPSA) is 175 Å². The summed E-state index contributed by atoms with van der Waals surface area (Å²) in [5, 5.41) is 11.8. The molecule has 0 saturated heterocycles. The minimum Gasteiger partial charge on any atom is -0.388 e. The number of aliphatic hydroxyl groups excluding tert-OH is 1. The number of ether oxygens (including phenoxy) is 1. The number of H-pyrrole nitrogens is 1. The monoisotopic (exact) mass is 615 g/mol. The van der Waals surface area contributed by atoms with Crippen molar-refractivity contribution in [2.45, 2.75) is 143 Å². The average Bonchev–Trinajstić information content (AvgIpc) is 3.36. The number of nitrogen functional groups attached to an aromatic ring is 1. The van der Waals surface area contributed by atoms with Crippen LogP contribution in [-0.4, -0.2) is 59.5 Å². The van der Waals surface area contributed by atoms with Gasteiger partial charge in [-0.1, -0.05) is 66.7 Å². The molecule has 42 heavy (non-hydrogen) atoms. The van der Waals surface area contributed by atoms with Gasteiger partial charge in [0.2, 0.25) is 5.95 Å². The number of phosphoric acid groups is 1. The molecule has 7 atom stereocenters. The number of hydrogen-bond donors (Lipinski definition) is 4. The molecule has 0 spiro atoms. The first-order valence-electron chi connectivity index (χ1n) is 15.4. The van der Waals surface area contributed by atoms with Crippen LogP contribution in [0.25, 0.3) is 11.2 Å². The van der Waals surface area contributed by atoms with Crippen molar-refractivity contribution in [3.63, 3.8) is 0 Å². The van der Waals surface area contributed by atoms with E-state index in [4.69, 9.17) is 19.5 Å². The maximum Gasteiger partial charge on any atom is 0.472 e. The number of nitrogens with two attached hydrogens (primary N) is 1. The van der Waals surface area contributed by atoms with Gasteiger partial charge in [0.15, 0.2) is 11.2 Å². The third kappa shape index (κ3) is 9.86. The molecule has 5 N–H and O–H groups in total. The molecule has 13 heteroatoms. The standard InChI is InChI=1S/C29H54N5O7P/c1-9-13-14-15-17-28(7,11-3)40-24(20(5)18-39-42(37,38)41-29(8,12-4)16-10-2)23(35)21(6)34-19-31-22-25(34)32-27(30)33-26(22)36/h19-21,23-24,35H,9-18H2,1-8H3,(H,37,38)(H3,30,32,33,36). The molecule has 12 nitrogen and oxygen atoms in total. The minimum absolute atomic E-state index is 0.0583. The van der Waals surface area contributed by atoms with Crippen LogP contribution in [0.5, 0.6) is 0 Å². The summed E-state index contributed by atoms with van der Waals surface area (Å²) in [6.07, 6.45) is 7.30. The number of imidazole rings is 1. The third-order valence-electron chi connectivity index (χ3n) is 8.37. The van der Waals surface area contributed by atoms with Crippen LogP contribution in [-0.2, 0) is 18.3 Å². The summed E-state index contributed by atoms with van der Waals surface area (Å²) in [5.74, 6) is -0.569. The highest BCUT2D eigenvalue weighted by Crippen LogP contribution is 2.50. The van der Waals surface area contributed by atoms with E-state index in [0.29, 0.717) is 19.3 Å². The van der Waals surface area contributed by atoms with Crippen LogP contribution in [0.4, 0.5) is 5.95 Å². The second kappa shape index (κ2) is 15.8. The minimum atomic E-state index is -4.40. The Kier molecular flexibility index (Phi) is 13.7. The van der Waals surface area contributed by atoms with Gasteiger partial charge in [-0.3, -0.25) is 18.8 Å². The highest BCUT2D eigenvalue weighted by Gasteiger charge is 2.40. The molecular weight excluding hydrogens is 561 g/mol. The van der Waals surface area contributed by atoms with Crippen molar-refractivity contribution in [2.75, 3.05) is 12.3 Å². The van der Waals surface area contributed by atoms with E-state index in [0.717, 1.165) is 38.5 Å². The van der Waals surface area contributed by atoms with Gasteiger partial charge in [0.25, 0.3) is 5.56 Å². The highest BCUT2D eigenvalue weighted by atomic mass is 31.2. The number of fused-ring (bicyclic) bond motifs is 1. The summed E-state index contributed by atoms with van der Waals surface area (Å²) < 4.78 is 32.4. The summed E-state index contributed by atoms with van der Waals surface area (Å²) in [5.41, 5.74) is 4.32. The van der Waals surface area contributed by atoms with Gasteiger partial charge in [0, 0.05) is 5.92 Å². The Labute approximate surface area is 250 Å². The smallest absolute Gasteiger partial charge is 0.388 e. The number of aromatic amines is 1. The molecule has 0 aromatic carbocycles. The SMILES string of the molecule is CCCCCCC(C)(CC)OC(C(C)COP(=O)(O)OC(C)(CC)CCC)C(O)C(C)n1cnc2c(=O)[nH]c(N)nc21. The first-order chi connectivity index (χ1) is 19.6. The fourth-order valence-electron chi connectivity index (χ4n) is 5.20. The van der Waals surface area contributed by atoms with E-state index in [1.54, 1.807) is 18.4 Å². The molecule has 0 aliphatic rings. The van der Waals surface area contributed by atoms with Crippen molar-refractivity contribution in [1.82, 2.24) is 19.5 Å². The number of phosphoric ester groups is 1. The Morgan fingerprint density at radius 2 is 1.74 bits per heavy atom. The number of rotatable bonds is 20. The Balaban J connectivity index is 2.36. The molecule has 0 radical (unpaired) electrons. The molecule has 242 valence electrons. The van der Waals surface area contributed by atoms with Gasteiger partial charge < -0.3 is 25.0 Å². The zero-order chi connectivity index (χ0) is 31.7. The molecule has 2 aromatic heterocycles. The van der Waals surface area contributed by atoms with Crippen LogP contribution in [0.3, 0.4) is 0 Å². The second-order valence-corrected chi connectivity index (χ2v) is 13.5. The molecule has 2 aromatic rings. The van der Waals surface area contributed by atoms with Gasteiger partial charge in [-0.05, 0) is 46.5 Å². The number of aromatic nitrogens is 4. The molecule has 0 fully saturated rings. The average molecular weight is 616 g/mol. The fourth-order valence-corrected chi connectivity index (χ4v) is 6.46. The summed E-state index contributed by atoms with van der Waals surface area (Å²) in [6, 6.07) is -0.637. The maximum atomic E-state index is 13.0. The predicted octanol–water partition coefficient (Wildman–Crippen LogP) is 5.89. The third-order valence-corrected chi connectivity index (χ3v) is 9.52. The lowest BCUT2D eigenvalue weighted by Gasteiger charge is -2.40. The lowest BCUT2D eigenvalue weighted by Crippen LogP contribution is -2.47. The van der Waals surface area contributed by atoms with E-state index < -0.39 is 48.8 Å². The lowest BCUT2D eigenvalue weighted by atomic mass is 9.91. The number of nitrogens with one attached hydrogen (secondary N) is 1. The fraction of sp³-hybridized carbons (Fsp3) is 0.828. The quantitative estimate of drug-likeness (QED) is 0.104. The van der Waals surface area contributed by atoms with Crippen LogP contribution in [0.1, 0.15) is 119 Å². The Morgan fingerprint density at radius 1 is 1.07 bits per heavy atom. The Morgan fingerprint density at radius 3 is 2.33 bits per heavy atom. The second-order valence-electron chi connectivity index (χ2n) is 12.1. The van der Waals surface area contributed by atoms with Gasteiger partial charge in [-0.2, -0.15) is 4.98 Å². The van der Waals surface area contributed by atoms with E-state index in [9.17, 15) is 19.4 Å². The first kappa shape index (κ1) is 36.4. The van der Waals surface area contributed by atoms with Crippen LogP contribution in [0.15, 0.2) is 11.1 Å². The number of anilines is 1. The number of nitrogens with zero attached hydrogens (tertiary/aromatic N) is 3. The molecule has 7 unspecified atom stereocenters. The molecule has 2 heterocycles. The highest BCUT2D eigenvalue weighted by molar-refractivity contribution is 7.47. The van der Waals surface area contributed by atoms with Crippen molar-refractivity contribution >= 4 is 24.9 Å². The normalized spacial score (nSPS) is 19.5. The van der Waals surface area contributed by atoms with Crippen LogP contribution < -0.4 is 11.3 Å². The van der Waals surface area contributed by atoms with E-state index in [2.05, 4.69) is 21.9 Å². The molecule has 2 rings (SSSR count). The van der Waals surface area contributed by atoms with Crippen molar-refractivity contribution in [2.24, 2.45) is 5.92 Å². The first-order valence-corrected chi connectivity index (χ1v) is 16.9. The zero-order valence-electron chi connectivity index (χ0n) is 26.8. The number of aliphatic hydroxyl groups is 1. The number of hydrogen-bond acceptors (Lipinski definition) is 9. The lowest BCUT2D eigenvalue weighted by molar-refractivity contribution is -0.164. The Hall–Kier alpha value is -1.82. The zero-order valence-corrected chi connectivity index (χ0v) is 27.7. The van der Waals surface area contributed by atoms with Gasteiger partial charge in [-0.15, -0.1) is 0 Å². The van der Waals surface area contributed by atoms with E-state index in [1.165, 1.54) is 6.33 Å². The van der Waals surface area contributed by atoms with Gasteiger partial charge >= 0.3 is 7.82 Å². The van der Waals surface area contributed by atoms with E-state index >= 15 is 0 Å². The molecule has 0 amide bonds. The summed E-state index contributed by atoms with van der Waals surface area (Å²) >= 11 is 0. The van der Waals surface area contributed by atoms with Crippen LogP contribution in [0, 0.1) is 5.92 Å². The van der Waals surface area contributed by atoms with Crippen LogP contribution in [0.2, 0.25) is 0 Å². The van der Waals surface area contributed by atoms with Crippen molar-refractivity contribution in [3.8, 4) is 0 Å². The van der Waals surface area contributed by atoms with E-state index in [1.807, 2.05) is 34.6 Å². The summed E-state index contributed by atoms with van der Waals surface area (Å²) in [4.78, 5) is 33.8. The number of unbranched alkanes of at least 4 members (excludes halogenated alkanes) is 3. The summed E-state index contributed by atoms with van der Waals surface area (Å²) in [6.45, 7) is 15.3. The van der Waals surface area contributed by atoms with Gasteiger partial charge in [0.05, 0.1) is 36.3 Å². The largest absolute Gasteiger partial charge is 0.472 e. The summed E-state index contributed by atoms with van der Waals surface area (Å²) in [7, 11) is -4.40. The molecular formula is C29H54N5O7P. The van der Waals surface area contributed by atoms with E-state index in [-0.39, 0.29) is 23.7 Å². The molecule has 0 bridgehead atoms. The van der Waals surface area contributed by atoms with Crippen molar-refractivity contribution in [1.29, 1.82) is 0 Å². The molecule has 0 saturated carbocycles. The van der Waals surface area contributed by atoms with Crippen molar-refractivity contribution < 1.29 is 28.3 Å². The van der Waals surface area contributed by atoms with Gasteiger partial charge in [0.1, 0.15) is 6.10 Å². The molecule has 0 aliphatic heterocycles. The van der Waals surface area contributed by atoms with Crippen LogP contribution >= 0.6 is 7.82 Å². The maximum absolute atomic E-state index is 13.0. The molecule has 0 aliphatic carbocycles. The van der Waals surface area contributed by atoms with Gasteiger partial charge in [-0.25, -0.2) is 9.55 Å². The Bertz CT molecular complexity index is 1220. The van der Waals surface area contributed by atoms with Crippen molar-refractivity contribution in [3.05, 3.63) is 16.7 Å².